The first-order valence-electron chi connectivity index (χ1n) is 12.4. The van der Waals surface area contributed by atoms with Crippen molar-refractivity contribution in [3.8, 4) is 0 Å². The van der Waals surface area contributed by atoms with Gasteiger partial charge >= 0.3 is 5.69 Å². The number of morpholine rings is 1. The smallest absolute Gasteiger partial charge is 0.330 e. The van der Waals surface area contributed by atoms with Gasteiger partial charge in [0.25, 0.3) is 5.56 Å². The van der Waals surface area contributed by atoms with Gasteiger partial charge in [-0.25, -0.2) is 4.79 Å². The van der Waals surface area contributed by atoms with E-state index in [1.54, 1.807) is 13.1 Å². The second-order valence-electron chi connectivity index (χ2n) is 9.31. The SMILES string of the molecule is CCC1CN(C(c2ccccc2)(c2ccccc2)c2ccccc2)CC(n2cc(C)c(=O)[nH]c2=O)O1. The molecule has 4 aromatic rings. The molecule has 1 saturated heterocycles. The van der Waals surface area contributed by atoms with Gasteiger partial charge in [0, 0.05) is 24.8 Å². The molecule has 1 N–H and O–H groups in total. The van der Waals surface area contributed by atoms with E-state index in [9.17, 15) is 9.59 Å². The van der Waals surface area contributed by atoms with Crippen LogP contribution in [0.4, 0.5) is 0 Å². The van der Waals surface area contributed by atoms with Crippen LogP contribution < -0.4 is 11.2 Å². The second-order valence-corrected chi connectivity index (χ2v) is 9.31. The fourth-order valence-corrected chi connectivity index (χ4v) is 5.36. The summed E-state index contributed by atoms with van der Waals surface area (Å²) in [6.07, 6.45) is 1.75. The molecule has 0 bridgehead atoms. The topological polar surface area (TPSA) is 67.3 Å². The summed E-state index contributed by atoms with van der Waals surface area (Å²) in [6, 6.07) is 31.5. The number of ether oxygens (including phenoxy) is 1. The van der Waals surface area contributed by atoms with Gasteiger partial charge in [-0.3, -0.25) is 19.2 Å². The molecule has 3 aromatic carbocycles. The first kappa shape index (κ1) is 24.0. The highest BCUT2D eigenvalue weighted by Gasteiger charge is 2.46. The molecule has 1 aliphatic rings. The van der Waals surface area contributed by atoms with Crippen molar-refractivity contribution in [3.05, 3.63) is 140 Å². The summed E-state index contributed by atoms with van der Waals surface area (Å²) in [5.41, 5.74) is 2.46. The van der Waals surface area contributed by atoms with E-state index < -0.39 is 17.5 Å². The summed E-state index contributed by atoms with van der Waals surface area (Å²) in [4.78, 5) is 29.8. The van der Waals surface area contributed by atoms with Crippen molar-refractivity contribution in [1.29, 1.82) is 0 Å². The molecule has 1 aliphatic heterocycles. The number of hydrogen-bond acceptors (Lipinski definition) is 4. The molecule has 0 spiro atoms. The van der Waals surface area contributed by atoms with Gasteiger partial charge in [-0.05, 0) is 30.0 Å². The minimum absolute atomic E-state index is 0.0987. The Labute approximate surface area is 210 Å². The van der Waals surface area contributed by atoms with E-state index in [1.165, 1.54) is 4.57 Å². The molecular formula is C30H31N3O3. The molecule has 0 saturated carbocycles. The summed E-state index contributed by atoms with van der Waals surface area (Å²) < 4.78 is 7.95. The highest BCUT2D eigenvalue weighted by molar-refractivity contribution is 5.49. The number of rotatable bonds is 6. The Balaban J connectivity index is 1.74. The van der Waals surface area contributed by atoms with Crippen LogP contribution >= 0.6 is 0 Å². The van der Waals surface area contributed by atoms with E-state index in [0.29, 0.717) is 18.7 Å². The van der Waals surface area contributed by atoms with E-state index in [0.717, 1.165) is 23.1 Å². The second kappa shape index (κ2) is 10.1. The van der Waals surface area contributed by atoms with Gasteiger partial charge in [0.1, 0.15) is 0 Å². The van der Waals surface area contributed by atoms with Crippen molar-refractivity contribution in [2.24, 2.45) is 0 Å². The van der Waals surface area contributed by atoms with Crippen LogP contribution in [0.2, 0.25) is 0 Å². The van der Waals surface area contributed by atoms with Crippen molar-refractivity contribution in [2.45, 2.75) is 38.1 Å². The zero-order valence-electron chi connectivity index (χ0n) is 20.6. The molecule has 0 radical (unpaired) electrons. The van der Waals surface area contributed by atoms with Gasteiger partial charge in [-0.1, -0.05) is 97.9 Å². The normalized spacial score (nSPS) is 18.7. The number of benzene rings is 3. The lowest BCUT2D eigenvalue weighted by Gasteiger charge is -2.50. The Hall–Kier alpha value is -3.74. The summed E-state index contributed by atoms with van der Waals surface area (Å²) in [7, 11) is 0. The molecule has 2 unspecified atom stereocenters. The van der Waals surface area contributed by atoms with Crippen LogP contribution in [-0.4, -0.2) is 33.6 Å². The van der Waals surface area contributed by atoms with Crippen LogP contribution in [0.25, 0.3) is 0 Å². The molecule has 184 valence electrons. The maximum absolute atomic E-state index is 12.9. The lowest BCUT2D eigenvalue weighted by atomic mass is 9.75. The van der Waals surface area contributed by atoms with E-state index in [-0.39, 0.29) is 11.7 Å². The maximum atomic E-state index is 12.9. The van der Waals surface area contributed by atoms with E-state index in [1.807, 2.05) is 18.2 Å². The third-order valence-corrected chi connectivity index (χ3v) is 7.11. The molecule has 2 heterocycles. The number of aromatic amines is 1. The molecule has 6 nitrogen and oxygen atoms in total. The van der Waals surface area contributed by atoms with E-state index >= 15 is 0 Å². The largest absolute Gasteiger partial charge is 0.352 e. The molecule has 0 amide bonds. The van der Waals surface area contributed by atoms with Crippen molar-refractivity contribution in [2.75, 3.05) is 13.1 Å². The first-order valence-corrected chi connectivity index (χ1v) is 12.4. The van der Waals surface area contributed by atoms with Crippen LogP contribution in [0.1, 0.15) is 41.8 Å². The monoisotopic (exact) mass is 481 g/mol. The Bertz CT molecular complexity index is 1320. The number of aryl methyl sites for hydroxylation is 1. The molecule has 1 fully saturated rings. The quantitative estimate of drug-likeness (QED) is 0.413. The van der Waals surface area contributed by atoms with Crippen LogP contribution in [0.3, 0.4) is 0 Å². The van der Waals surface area contributed by atoms with Crippen LogP contribution in [0.15, 0.2) is 107 Å². The number of hydrogen-bond donors (Lipinski definition) is 1. The summed E-state index contributed by atoms with van der Waals surface area (Å²) in [5, 5.41) is 0. The Morgan fingerprint density at radius 1 is 0.833 bits per heavy atom. The summed E-state index contributed by atoms with van der Waals surface area (Å²) in [6.45, 7) is 4.94. The Kier molecular flexibility index (Phi) is 6.72. The zero-order valence-corrected chi connectivity index (χ0v) is 20.6. The van der Waals surface area contributed by atoms with Gasteiger partial charge in [0.15, 0.2) is 6.23 Å². The summed E-state index contributed by atoms with van der Waals surface area (Å²) in [5.74, 6) is 0. The molecule has 0 aliphatic carbocycles. The van der Waals surface area contributed by atoms with Crippen LogP contribution in [-0.2, 0) is 10.3 Å². The predicted octanol–water partition coefficient (Wildman–Crippen LogP) is 4.45. The van der Waals surface area contributed by atoms with Crippen molar-refractivity contribution < 1.29 is 4.74 Å². The minimum Gasteiger partial charge on any atom is -0.352 e. The fourth-order valence-electron chi connectivity index (χ4n) is 5.36. The third kappa shape index (κ3) is 4.23. The highest BCUT2D eigenvalue weighted by Crippen LogP contribution is 2.44. The standard InChI is InChI=1S/C30H31N3O3/c1-3-26-20-32(21-27(36-26)33-19-22(2)28(34)31-29(33)35)30(23-13-7-4-8-14-23,24-15-9-5-10-16-24)25-17-11-6-12-18-25/h4-19,26-27H,3,20-21H2,1-2H3,(H,31,34,35). The molecule has 36 heavy (non-hydrogen) atoms. The number of nitrogens with zero attached hydrogens (tertiary/aromatic N) is 2. The van der Waals surface area contributed by atoms with Gasteiger partial charge in [-0.2, -0.15) is 0 Å². The lowest BCUT2D eigenvalue weighted by molar-refractivity contribution is -0.139. The van der Waals surface area contributed by atoms with Gasteiger partial charge in [0.2, 0.25) is 0 Å². The van der Waals surface area contributed by atoms with Gasteiger partial charge < -0.3 is 4.74 Å². The minimum atomic E-state index is -0.611. The highest BCUT2D eigenvalue weighted by atomic mass is 16.5. The lowest BCUT2D eigenvalue weighted by Crippen LogP contribution is -2.57. The molecule has 6 heteroatoms. The maximum Gasteiger partial charge on any atom is 0.330 e. The van der Waals surface area contributed by atoms with Crippen molar-refractivity contribution in [1.82, 2.24) is 14.5 Å². The average molecular weight is 482 g/mol. The first-order chi connectivity index (χ1) is 17.5. The molecule has 1 aromatic heterocycles. The molecule has 2 atom stereocenters. The van der Waals surface area contributed by atoms with E-state index in [2.05, 4.69) is 89.6 Å². The van der Waals surface area contributed by atoms with Gasteiger partial charge in [-0.15, -0.1) is 0 Å². The fraction of sp³-hybridized carbons (Fsp3) is 0.267. The van der Waals surface area contributed by atoms with Crippen molar-refractivity contribution in [3.63, 3.8) is 0 Å². The average Bonchev–Trinajstić information content (AvgIpc) is 2.93. The van der Waals surface area contributed by atoms with Crippen LogP contribution in [0.5, 0.6) is 0 Å². The molecule has 5 rings (SSSR count). The predicted molar refractivity (Wildman–Crippen MR) is 141 cm³/mol. The Morgan fingerprint density at radius 2 is 1.33 bits per heavy atom. The summed E-state index contributed by atoms with van der Waals surface area (Å²) >= 11 is 0. The number of nitrogens with one attached hydrogen (secondary N) is 1. The van der Waals surface area contributed by atoms with Crippen molar-refractivity contribution >= 4 is 0 Å². The van der Waals surface area contributed by atoms with Gasteiger partial charge in [0.05, 0.1) is 11.6 Å². The number of H-pyrrole nitrogens is 1. The van der Waals surface area contributed by atoms with E-state index in [4.69, 9.17) is 4.74 Å². The Morgan fingerprint density at radius 3 is 1.81 bits per heavy atom. The third-order valence-electron chi connectivity index (χ3n) is 7.11. The number of aromatic nitrogens is 2. The molecular weight excluding hydrogens is 450 g/mol. The van der Waals surface area contributed by atoms with Crippen LogP contribution in [0, 0.1) is 6.92 Å². The zero-order chi connectivity index (χ0) is 25.1.